The zero-order valence-corrected chi connectivity index (χ0v) is 13.2. The van der Waals surface area contributed by atoms with Crippen LogP contribution in [0.5, 0.6) is 0 Å². The largest absolute Gasteiger partial charge is 0.268 e. The van der Waals surface area contributed by atoms with E-state index in [2.05, 4.69) is 52.7 Å². The smallest absolute Gasteiger partial charge is 0.268 e. The molecule has 0 bridgehead atoms. The van der Waals surface area contributed by atoms with Crippen LogP contribution in [-0.2, 0) is 5.41 Å². The van der Waals surface area contributed by atoms with Crippen molar-refractivity contribution in [2.24, 2.45) is 0 Å². The highest BCUT2D eigenvalue weighted by Gasteiger charge is 2.28. The molecule has 3 heteroatoms. The first kappa shape index (κ1) is 14.6. The van der Waals surface area contributed by atoms with Gasteiger partial charge in [0, 0.05) is 5.56 Å². The molecule has 20 heavy (non-hydrogen) atoms. The van der Waals surface area contributed by atoms with Crippen molar-refractivity contribution in [3.05, 3.63) is 51.4 Å². The summed E-state index contributed by atoms with van der Waals surface area (Å²) in [4.78, 5) is 12.4. The standard InChI is InChI=1S/C17H24N2O/c1-11(2)15-14(17(4,5)6)16(20)18-19(15)13-10-8-7-9-12(13)3/h7-11H,1-6H3,(H,18,20). The average molecular weight is 272 g/mol. The fourth-order valence-electron chi connectivity index (χ4n) is 2.72. The third kappa shape index (κ3) is 2.45. The molecule has 3 nitrogen and oxygen atoms in total. The molecule has 1 N–H and O–H groups in total. The molecule has 0 atom stereocenters. The van der Waals surface area contributed by atoms with Gasteiger partial charge in [0.15, 0.2) is 0 Å². The highest BCUT2D eigenvalue weighted by atomic mass is 16.1. The van der Waals surface area contributed by atoms with E-state index in [4.69, 9.17) is 0 Å². The SMILES string of the molecule is Cc1ccccc1-n1[nH]c(=O)c(C(C)(C)C)c1C(C)C. The number of H-pyrrole nitrogens is 1. The van der Waals surface area contributed by atoms with Crippen molar-refractivity contribution < 1.29 is 0 Å². The second kappa shape index (κ2) is 4.97. The van der Waals surface area contributed by atoms with Crippen LogP contribution < -0.4 is 5.56 Å². The summed E-state index contributed by atoms with van der Waals surface area (Å²) >= 11 is 0. The van der Waals surface area contributed by atoms with E-state index in [-0.39, 0.29) is 16.9 Å². The summed E-state index contributed by atoms with van der Waals surface area (Å²) < 4.78 is 1.96. The summed E-state index contributed by atoms with van der Waals surface area (Å²) in [5, 5.41) is 3.02. The lowest BCUT2D eigenvalue weighted by Gasteiger charge is -2.21. The lowest BCUT2D eigenvalue weighted by molar-refractivity contribution is 0.569. The lowest BCUT2D eigenvalue weighted by Crippen LogP contribution is -2.22. The monoisotopic (exact) mass is 272 g/mol. The molecule has 0 aliphatic heterocycles. The molecule has 1 aromatic heterocycles. The summed E-state index contributed by atoms with van der Waals surface area (Å²) in [6.07, 6.45) is 0. The molecular weight excluding hydrogens is 248 g/mol. The van der Waals surface area contributed by atoms with Gasteiger partial charge < -0.3 is 0 Å². The summed E-state index contributed by atoms with van der Waals surface area (Å²) in [6.45, 7) is 12.6. The first-order chi connectivity index (χ1) is 9.23. The minimum Gasteiger partial charge on any atom is -0.268 e. The molecule has 1 aromatic carbocycles. The molecule has 0 amide bonds. The van der Waals surface area contributed by atoms with E-state index in [9.17, 15) is 4.79 Å². The number of hydrogen-bond donors (Lipinski definition) is 1. The summed E-state index contributed by atoms with van der Waals surface area (Å²) in [6, 6.07) is 8.12. The van der Waals surface area contributed by atoms with E-state index in [1.807, 2.05) is 22.9 Å². The Morgan fingerprint density at radius 2 is 1.75 bits per heavy atom. The predicted octanol–water partition coefficient (Wildman–Crippen LogP) is 3.89. The number of rotatable bonds is 2. The molecule has 0 spiro atoms. The van der Waals surface area contributed by atoms with Crippen molar-refractivity contribution in [1.82, 2.24) is 9.78 Å². The van der Waals surface area contributed by atoms with E-state index in [0.717, 1.165) is 22.5 Å². The zero-order chi connectivity index (χ0) is 15.1. The molecule has 1 heterocycles. The zero-order valence-electron chi connectivity index (χ0n) is 13.2. The van der Waals surface area contributed by atoms with Crippen molar-refractivity contribution in [3.63, 3.8) is 0 Å². The van der Waals surface area contributed by atoms with Gasteiger partial charge in [0.25, 0.3) is 5.56 Å². The van der Waals surface area contributed by atoms with Crippen LogP contribution in [0.4, 0.5) is 0 Å². The number of aromatic nitrogens is 2. The number of aromatic amines is 1. The first-order valence-corrected chi connectivity index (χ1v) is 7.15. The van der Waals surface area contributed by atoms with E-state index in [1.54, 1.807) is 0 Å². The van der Waals surface area contributed by atoms with Crippen LogP contribution in [0.25, 0.3) is 5.69 Å². The van der Waals surface area contributed by atoms with Gasteiger partial charge in [-0.15, -0.1) is 0 Å². The fraction of sp³-hybridized carbons (Fsp3) is 0.471. The molecule has 0 saturated carbocycles. The van der Waals surface area contributed by atoms with Gasteiger partial charge in [-0.1, -0.05) is 52.8 Å². The number of para-hydroxylation sites is 1. The van der Waals surface area contributed by atoms with Gasteiger partial charge >= 0.3 is 0 Å². The molecule has 108 valence electrons. The molecule has 0 fully saturated rings. The van der Waals surface area contributed by atoms with Gasteiger partial charge in [0.1, 0.15) is 0 Å². The van der Waals surface area contributed by atoms with Crippen LogP contribution in [0.15, 0.2) is 29.1 Å². The summed E-state index contributed by atoms with van der Waals surface area (Å²) in [5.41, 5.74) is 4.02. The summed E-state index contributed by atoms with van der Waals surface area (Å²) in [5.74, 6) is 0.280. The fourth-order valence-corrected chi connectivity index (χ4v) is 2.72. The van der Waals surface area contributed by atoms with Crippen LogP contribution in [0.3, 0.4) is 0 Å². The number of benzene rings is 1. The minimum atomic E-state index is -0.166. The first-order valence-electron chi connectivity index (χ1n) is 7.15. The van der Waals surface area contributed by atoms with Gasteiger partial charge in [0.2, 0.25) is 0 Å². The highest BCUT2D eigenvalue weighted by Crippen LogP contribution is 2.30. The van der Waals surface area contributed by atoms with Crippen LogP contribution in [0.1, 0.15) is 57.4 Å². The Labute approximate surface area is 120 Å². The third-order valence-corrected chi connectivity index (χ3v) is 3.59. The molecule has 2 rings (SSSR count). The van der Waals surface area contributed by atoms with Crippen LogP contribution in [0, 0.1) is 6.92 Å². The maximum absolute atomic E-state index is 12.4. The molecule has 0 saturated heterocycles. The number of hydrogen-bond acceptors (Lipinski definition) is 1. The maximum atomic E-state index is 12.4. The Morgan fingerprint density at radius 3 is 2.25 bits per heavy atom. The van der Waals surface area contributed by atoms with Crippen molar-refractivity contribution in [2.75, 3.05) is 0 Å². The lowest BCUT2D eigenvalue weighted by atomic mass is 9.84. The quantitative estimate of drug-likeness (QED) is 0.884. The Kier molecular flexibility index (Phi) is 3.63. The van der Waals surface area contributed by atoms with E-state index in [1.165, 1.54) is 0 Å². The third-order valence-electron chi connectivity index (χ3n) is 3.59. The average Bonchev–Trinajstić information content (AvgIpc) is 2.67. The molecule has 0 aliphatic rings. The molecule has 2 aromatic rings. The van der Waals surface area contributed by atoms with E-state index in [0.29, 0.717) is 0 Å². The molecule has 0 radical (unpaired) electrons. The Morgan fingerprint density at radius 1 is 1.15 bits per heavy atom. The Bertz CT molecular complexity index is 669. The number of nitrogens with one attached hydrogen (secondary N) is 1. The normalized spacial score (nSPS) is 12.2. The van der Waals surface area contributed by atoms with Crippen LogP contribution in [0.2, 0.25) is 0 Å². The van der Waals surface area contributed by atoms with E-state index < -0.39 is 0 Å². The van der Waals surface area contributed by atoms with Crippen molar-refractivity contribution in [2.45, 2.75) is 52.9 Å². The minimum absolute atomic E-state index is 0.0180. The predicted molar refractivity (Wildman–Crippen MR) is 83.9 cm³/mol. The second-order valence-corrected chi connectivity index (χ2v) is 6.73. The topological polar surface area (TPSA) is 37.8 Å². The van der Waals surface area contributed by atoms with Crippen molar-refractivity contribution >= 4 is 0 Å². The van der Waals surface area contributed by atoms with E-state index >= 15 is 0 Å². The molecule has 0 unspecified atom stereocenters. The Balaban J connectivity index is 2.80. The molecular formula is C17H24N2O. The summed E-state index contributed by atoms with van der Waals surface area (Å²) in [7, 11) is 0. The van der Waals surface area contributed by atoms with Gasteiger partial charge in [-0.05, 0) is 29.9 Å². The van der Waals surface area contributed by atoms with Crippen LogP contribution in [-0.4, -0.2) is 9.78 Å². The van der Waals surface area contributed by atoms with Crippen molar-refractivity contribution in [3.8, 4) is 5.69 Å². The number of aryl methyl sites for hydroxylation is 1. The maximum Gasteiger partial charge on any atom is 0.268 e. The highest BCUT2D eigenvalue weighted by molar-refractivity contribution is 5.43. The second-order valence-electron chi connectivity index (χ2n) is 6.73. The van der Waals surface area contributed by atoms with Gasteiger partial charge in [-0.3, -0.25) is 14.6 Å². The van der Waals surface area contributed by atoms with Crippen molar-refractivity contribution in [1.29, 1.82) is 0 Å². The van der Waals surface area contributed by atoms with Gasteiger partial charge in [0.05, 0.1) is 11.4 Å². The molecule has 0 aliphatic carbocycles. The Hall–Kier alpha value is -1.77. The van der Waals surface area contributed by atoms with Crippen LogP contribution >= 0.6 is 0 Å². The number of nitrogens with zero attached hydrogens (tertiary/aromatic N) is 1. The van der Waals surface area contributed by atoms with Gasteiger partial charge in [-0.25, -0.2) is 0 Å². The van der Waals surface area contributed by atoms with Gasteiger partial charge in [-0.2, -0.15) is 0 Å².